The molecule has 2 N–H and O–H groups in total. The summed E-state index contributed by atoms with van der Waals surface area (Å²) in [6.45, 7) is 6.51. The molecule has 10 heteroatoms. The molecule has 3 atom stereocenters. The van der Waals surface area contributed by atoms with Crippen LogP contribution in [0.4, 0.5) is 16.2 Å². The molecule has 4 rings (SSSR count). The molecule has 1 aliphatic rings. The van der Waals surface area contributed by atoms with Crippen molar-refractivity contribution in [2.45, 2.75) is 52.4 Å². The largest absolute Gasteiger partial charge is 0.465 e. The van der Waals surface area contributed by atoms with Crippen LogP contribution in [-0.4, -0.2) is 59.0 Å². The SMILES string of the molecule is CC(=O)N1c2cc(C#N)ccc2N(Cc2c(C)ccc3ccccc23)C(=O)[C@@H](NC(=O)[C@H](C)N(C)C(=O)O)[C@@H]1C. The van der Waals surface area contributed by atoms with E-state index >= 15 is 0 Å². The number of fused-ring (bicyclic) bond motifs is 2. The fraction of sp³-hybridized carbons (Fsp3) is 0.300. The van der Waals surface area contributed by atoms with E-state index in [9.17, 15) is 29.5 Å². The number of amides is 4. The molecule has 206 valence electrons. The number of carbonyl (C=O) groups excluding carboxylic acids is 3. The van der Waals surface area contributed by atoms with Gasteiger partial charge in [0.25, 0.3) is 5.91 Å². The number of benzene rings is 3. The van der Waals surface area contributed by atoms with Crippen molar-refractivity contribution in [2.24, 2.45) is 0 Å². The highest BCUT2D eigenvalue weighted by Crippen LogP contribution is 2.38. The molecule has 0 aromatic heterocycles. The highest BCUT2D eigenvalue weighted by atomic mass is 16.4. The van der Waals surface area contributed by atoms with Gasteiger partial charge in [0.05, 0.1) is 35.6 Å². The third kappa shape index (κ3) is 5.06. The molecule has 1 heterocycles. The summed E-state index contributed by atoms with van der Waals surface area (Å²) in [4.78, 5) is 55.7. The molecule has 3 aromatic carbocycles. The van der Waals surface area contributed by atoms with Gasteiger partial charge in [-0.15, -0.1) is 0 Å². The van der Waals surface area contributed by atoms with Crippen LogP contribution >= 0.6 is 0 Å². The van der Waals surface area contributed by atoms with Crippen molar-refractivity contribution in [3.8, 4) is 6.07 Å². The second-order valence-electron chi connectivity index (χ2n) is 10.0. The molecule has 0 spiro atoms. The van der Waals surface area contributed by atoms with Gasteiger partial charge in [0, 0.05) is 14.0 Å². The zero-order valence-corrected chi connectivity index (χ0v) is 23.0. The van der Waals surface area contributed by atoms with Gasteiger partial charge in [-0.25, -0.2) is 4.79 Å². The van der Waals surface area contributed by atoms with Crippen LogP contribution in [0.1, 0.15) is 37.5 Å². The topological polar surface area (TPSA) is 134 Å². The van der Waals surface area contributed by atoms with Crippen molar-refractivity contribution < 1.29 is 24.3 Å². The second kappa shape index (κ2) is 11.1. The fourth-order valence-electron chi connectivity index (χ4n) is 5.11. The molecular formula is C30H31N5O5. The van der Waals surface area contributed by atoms with E-state index in [4.69, 9.17) is 0 Å². The first kappa shape index (κ1) is 28.1. The molecule has 0 radical (unpaired) electrons. The van der Waals surface area contributed by atoms with E-state index < -0.39 is 36.0 Å². The number of nitriles is 1. The van der Waals surface area contributed by atoms with Gasteiger partial charge in [0.15, 0.2) is 0 Å². The number of aryl methyl sites for hydroxylation is 1. The summed E-state index contributed by atoms with van der Waals surface area (Å²) in [6.07, 6.45) is -1.29. The molecule has 3 aromatic rings. The molecule has 0 bridgehead atoms. The van der Waals surface area contributed by atoms with E-state index in [2.05, 4.69) is 11.4 Å². The van der Waals surface area contributed by atoms with Crippen LogP contribution in [0, 0.1) is 18.3 Å². The van der Waals surface area contributed by atoms with Crippen LogP contribution in [-0.2, 0) is 20.9 Å². The number of hydrogen-bond acceptors (Lipinski definition) is 5. The summed E-state index contributed by atoms with van der Waals surface area (Å²) in [6, 6.07) is 15.6. The number of hydrogen-bond donors (Lipinski definition) is 2. The highest BCUT2D eigenvalue weighted by molar-refractivity contribution is 6.09. The number of nitrogens with zero attached hydrogens (tertiary/aromatic N) is 4. The van der Waals surface area contributed by atoms with Crippen LogP contribution in [0.5, 0.6) is 0 Å². The van der Waals surface area contributed by atoms with Crippen LogP contribution in [0.2, 0.25) is 0 Å². The maximum absolute atomic E-state index is 14.3. The number of carbonyl (C=O) groups is 4. The Kier molecular flexibility index (Phi) is 7.77. The Labute approximate surface area is 232 Å². The minimum absolute atomic E-state index is 0.139. The van der Waals surface area contributed by atoms with E-state index in [1.54, 1.807) is 25.1 Å². The van der Waals surface area contributed by atoms with Crippen molar-refractivity contribution in [1.82, 2.24) is 10.2 Å². The Morgan fingerprint density at radius 2 is 1.82 bits per heavy atom. The summed E-state index contributed by atoms with van der Waals surface area (Å²) in [5.74, 6) is -1.52. The average Bonchev–Trinajstić information content (AvgIpc) is 3.01. The van der Waals surface area contributed by atoms with Gasteiger partial charge in [0.2, 0.25) is 11.8 Å². The van der Waals surface area contributed by atoms with Gasteiger partial charge in [0.1, 0.15) is 12.1 Å². The van der Waals surface area contributed by atoms with E-state index in [0.29, 0.717) is 16.9 Å². The number of rotatable bonds is 5. The molecule has 10 nitrogen and oxygen atoms in total. The molecule has 4 amide bonds. The average molecular weight is 542 g/mol. The van der Waals surface area contributed by atoms with Crippen LogP contribution in [0.3, 0.4) is 0 Å². The second-order valence-corrected chi connectivity index (χ2v) is 10.0. The van der Waals surface area contributed by atoms with Crippen molar-refractivity contribution in [3.05, 3.63) is 71.3 Å². The first-order valence-electron chi connectivity index (χ1n) is 12.8. The summed E-state index contributed by atoms with van der Waals surface area (Å²) >= 11 is 0. The Bertz CT molecular complexity index is 1560. The fourth-order valence-corrected chi connectivity index (χ4v) is 5.11. The molecule has 40 heavy (non-hydrogen) atoms. The lowest BCUT2D eigenvalue weighted by atomic mass is 9.98. The quantitative estimate of drug-likeness (QED) is 0.505. The van der Waals surface area contributed by atoms with Gasteiger partial charge in [-0.2, -0.15) is 5.26 Å². The summed E-state index contributed by atoms with van der Waals surface area (Å²) in [5, 5.41) is 23.6. The van der Waals surface area contributed by atoms with E-state index in [1.165, 1.54) is 30.7 Å². The lowest BCUT2D eigenvalue weighted by Gasteiger charge is -2.32. The van der Waals surface area contributed by atoms with Crippen LogP contribution < -0.4 is 15.1 Å². The lowest BCUT2D eigenvalue weighted by Crippen LogP contribution is -2.60. The van der Waals surface area contributed by atoms with Crippen LogP contribution in [0.15, 0.2) is 54.6 Å². The predicted molar refractivity (Wildman–Crippen MR) is 151 cm³/mol. The van der Waals surface area contributed by atoms with E-state index in [1.807, 2.05) is 43.3 Å². The van der Waals surface area contributed by atoms with Gasteiger partial charge >= 0.3 is 6.09 Å². The number of carboxylic acid groups (broad SMARTS) is 1. The van der Waals surface area contributed by atoms with Crippen molar-refractivity contribution in [2.75, 3.05) is 16.8 Å². The standard InChI is InChI=1S/C30H31N5O5/c1-17-10-12-22-8-6-7-9-23(22)24(17)16-34-25-13-11-21(15-31)14-26(25)35(20(4)36)18(2)27(29(34)38)32-28(37)19(3)33(5)30(39)40/h6-14,18-19,27H,16H2,1-5H3,(H,32,37)(H,39,40)/t18-,19-,27-/m0/s1. The molecule has 0 fully saturated rings. The maximum atomic E-state index is 14.3. The Balaban J connectivity index is 1.88. The first-order chi connectivity index (χ1) is 19.0. The van der Waals surface area contributed by atoms with Crippen molar-refractivity contribution in [1.29, 1.82) is 5.26 Å². The third-order valence-electron chi connectivity index (χ3n) is 7.57. The molecule has 0 saturated heterocycles. The predicted octanol–water partition coefficient (Wildman–Crippen LogP) is 3.79. The smallest absolute Gasteiger partial charge is 0.407 e. The zero-order valence-electron chi connectivity index (χ0n) is 23.0. The zero-order chi connectivity index (χ0) is 29.3. The number of nitrogens with one attached hydrogen (secondary N) is 1. The van der Waals surface area contributed by atoms with Crippen molar-refractivity contribution in [3.63, 3.8) is 0 Å². The number of anilines is 2. The molecule has 0 saturated carbocycles. The number of likely N-dealkylation sites (N-methyl/N-ethyl adjacent to an activating group) is 1. The Morgan fingerprint density at radius 3 is 2.48 bits per heavy atom. The molecule has 1 aliphatic heterocycles. The minimum Gasteiger partial charge on any atom is -0.465 e. The Morgan fingerprint density at radius 1 is 1.12 bits per heavy atom. The van der Waals surface area contributed by atoms with Gasteiger partial charge in [-0.05, 0) is 60.9 Å². The van der Waals surface area contributed by atoms with Gasteiger partial charge in [-0.3, -0.25) is 19.3 Å². The first-order valence-corrected chi connectivity index (χ1v) is 12.8. The van der Waals surface area contributed by atoms with E-state index in [-0.39, 0.29) is 12.5 Å². The summed E-state index contributed by atoms with van der Waals surface area (Å²) < 4.78 is 0. The van der Waals surface area contributed by atoms with Crippen LogP contribution in [0.25, 0.3) is 10.8 Å². The van der Waals surface area contributed by atoms with Gasteiger partial charge < -0.3 is 20.2 Å². The van der Waals surface area contributed by atoms with Gasteiger partial charge in [-0.1, -0.05) is 36.4 Å². The maximum Gasteiger partial charge on any atom is 0.407 e. The van der Waals surface area contributed by atoms with Crippen molar-refractivity contribution >= 4 is 46.0 Å². The van der Waals surface area contributed by atoms with E-state index in [0.717, 1.165) is 26.8 Å². The summed E-state index contributed by atoms with van der Waals surface area (Å²) in [7, 11) is 1.27. The Hall–Kier alpha value is -4.91. The highest BCUT2D eigenvalue weighted by Gasteiger charge is 2.42. The molecule has 0 unspecified atom stereocenters. The normalized spacial score (nSPS) is 17.4. The minimum atomic E-state index is -1.29. The third-order valence-corrected chi connectivity index (χ3v) is 7.57. The lowest BCUT2D eigenvalue weighted by molar-refractivity contribution is -0.130. The molecule has 0 aliphatic carbocycles. The monoisotopic (exact) mass is 541 g/mol. The molecular weight excluding hydrogens is 510 g/mol. The summed E-state index contributed by atoms with van der Waals surface area (Å²) in [5.41, 5.74) is 2.96.